The Morgan fingerprint density at radius 3 is 2.89 bits per heavy atom. The van der Waals surface area contributed by atoms with E-state index in [0.29, 0.717) is 6.54 Å². The summed E-state index contributed by atoms with van der Waals surface area (Å²) < 4.78 is 13.4. The molecule has 0 aliphatic heterocycles. The number of para-hydroxylation sites is 1. The SMILES string of the molecule is CCc1ccsc1CNc1cccc(F)c1[N+](=O)[O-]. The third-order valence-electron chi connectivity index (χ3n) is 2.83. The fraction of sp³-hybridized carbons (Fsp3) is 0.231. The maximum Gasteiger partial charge on any atom is 0.327 e. The van der Waals surface area contributed by atoms with Gasteiger partial charge in [-0.3, -0.25) is 10.1 Å². The lowest BCUT2D eigenvalue weighted by Gasteiger charge is -2.07. The highest BCUT2D eigenvalue weighted by atomic mass is 32.1. The molecule has 2 rings (SSSR count). The number of nitrogens with zero attached hydrogens (tertiary/aromatic N) is 1. The molecule has 0 aliphatic rings. The Kier molecular flexibility index (Phi) is 4.11. The lowest BCUT2D eigenvalue weighted by molar-refractivity contribution is -0.386. The fourth-order valence-electron chi connectivity index (χ4n) is 1.86. The molecule has 1 heterocycles. The molecule has 19 heavy (non-hydrogen) atoms. The molecule has 0 bridgehead atoms. The highest BCUT2D eigenvalue weighted by Gasteiger charge is 2.19. The van der Waals surface area contributed by atoms with Gasteiger partial charge in [0.25, 0.3) is 0 Å². The minimum absolute atomic E-state index is 0.209. The van der Waals surface area contributed by atoms with Gasteiger partial charge in [0.15, 0.2) is 0 Å². The van der Waals surface area contributed by atoms with Crippen molar-refractivity contribution in [3.05, 3.63) is 56.0 Å². The molecule has 0 unspecified atom stereocenters. The van der Waals surface area contributed by atoms with Crippen molar-refractivity contribution in [1.29, 1.82) is 0 Å². The Balaban J connectivity index is 2.20. The van der Waals surface area contributed by atoms with Crippen molar-refractivity contribution in [3.8, 4) is 0 Å². The van der Waals surface area contributed by atoms with Crippen LogP contribution in [0.15, 0.2) is 29.6 Å². The number of nitro groups is 1. The number of thiophene rings is 1. The van der Waals surface area contributed by atoms with Crippen LogP contribution in [0.25, 0.3) is 0 Å². The van der Waals surface area contributed by atoms with Gasteiger partial charge in [-0.05, 0) is 35.6 Å². The first-order valence-electron chi connectivity index (χ1n) is 5.85. The van der Waals surface area contributed by atoms with Gasteiger partial charge in [-0.2, -0.15) is 4.39 Å². The number of anilines is 1. The molecule has 1 N–H and O–H groups in total. The molecule has 4 nitrogen and oxygen atoms in total. The summed E-state index contributed by atoms with van der Waals surface area (Å²) in [7, 11) is 0. The molecule has 1 aromatic carbocycles. The number of rotatable bonds is 5. The number of halogens is 1. The summed E-state index contributed by atoms with van der Waals surface area (Å²) in [6, 6.07) is 6.09. The molecule has 0 saturated heterocycles. The Bertz CT molecular complexity index is 598. The summed E-state index contributed by atoms with van der Waals surface area (Å²) >= 11 is 1.59. The van der Waals surface area contributed by atoms with Gasteiger partial charge in [-0.15, -0.1) is 11.3 Å². The first kappa shape index (κ1) is 13.5. The van der Waals surface area contributed by atoms with Gasteiger partial charge in [0.05, 0.1) is 4.92 Å². The summed E-state index contributed by atoms with van der Waals surface area (Å²) in [4.78, 5) is 11.3. The summed E-state index contributed by atoms with van der Waals surface area (Å²) in [6.45, 7) is 2.52. The van der Waals surface area contributed by atoms with Crippen LogP contribution in [0.2, 0.25) is 0 Å². The van der Waals surface area contributed by atoms with Crippen molar-refractivity contribution in [2.75, 3.05) is 5.32 Å². The zero-order valence-corrected chi connectivity index (χ0v) is 11.2. The topological polar surface area (TPSA) is 55.2 Å². The molecule has 0 radical (unpaired) electrons. The molecule has 0 amide bonds. The van der Waals surface area contributed by atoms with Gasteiger partial charge >= 0.3 is 5.69 Å². The standard InChI is InChI=1S/C13H13FN2O2S/c1-2-9-6-7-19-12(9)8-15-11-5-3-4-10(14)13(11)16(17)18/h3-7,15H,2,8H2,1H3. The van der Waals surface area contributed by atoms with E-state index in [1.165, 1.54) is 17.7 Å². The van der Waals surface area contributed by atoms with Gasteiger partial charge in [0, 0.05) is 11.4 Å². The van der Waals surface area contributed by atoms with E-state index in [2.05, 4.69) is 12.2 Å². The van der Waals surface area contributed by atoms with Gasteiger partial charge in [-0.25, -0.2) is 0 Å². The lowest BCUT2D eigenvalue weighted by atomic mass is 10.2. The molecule has 0 fully saturated rings. The normalized spacial score (nSPS) is 10.4. The summed E-state index contributed by atoms with van der Waals surface area (Å²) in [5.41, 5.74) is 0.911. The van der Waals surface area contributed by atoms with E-state index in [1.807, 2.05) is 11.4 Å². The molecule has 0 aliphatic carbocycles. The Morgan fingerprint density at radius 2 is 2.21 bits per heavy atom. The molecular weight excluding hydrogens is 267 g/mol. The third kappa shape index (κ3) is 2.90. The zero-order valence-electron chi connectivity index (χ0n) is 10.4. The molecule has 100 valence electrons. The van der Waals surface area contributed by atoms with Crippen molar-refractivity contribution in [1.82, 2.24) is 0 Å². The number of hydrogen-bond acceptors (Lipinski definition) is 4. The summed E-state index contributed by atoms with van der Waals surface area (Å²) in [5.74, 6) is -0.822. The first-order chi connectivity index (χ1) is 9.13. The van der Waals surface area contributed by atoms with Gasteiger partial charge in [0.2, 0.25) is 5.82 Å². The van der Waals surface area contributed by atoms with Gasteiger partial charge < -0.3 is 5.32 Å². The highest BCUT2D eigenvalue weighted by Crippen LogP contribution is 2.28. The van der Waals surface area contributed by atoms with Crippen LogP contribution < -0.4 is 5.32 Å². The van der Waals surface area contributed by atoms with Crippen LogP contribution >= 0.6 is 11.3 Å². The number of nitrogens with one attached hydrogen (secondary N) is 1. The number of aryl methyl sites for hydroxylation is 1. The van der Waals surface area contributed by atoms with Gasteiger partial charge in [0.1, 0.15) is 5.69 Å². The molecule has 0 spiro atoms. The molecule has 0 atom stereocenters. The second kappa shape index (κ2) is 5.79. The average molecular weight is 280 g/mol. The second-order valence-corrected chi connectivity index (χ2v) is 4.97. The van der Waals surface area contributed by atoms with E-state index in [-0.39, 0.29) is 5.69 Å². The van der Waals surface area contributed by atoms with Crippen LogP contribution in [0.1, 0.15) is 17.4 Å². The molecule has 1 aromatic heterocycles. The van der Waals surface area contributed by atoms with Crippen molar-refractivity contribution in [2.24, 2.45) is 0 Å². The molecular formula is C13H13FN2O2S. The molecule has 6 heteroatoms. The second-order valence-electron chi connectivity index (χ2n) is 3.97. The Morgan fingerprint density at radius 1 is 1.42 bits per heavy atom. The number of hydrogen-bond donors (Lipinski definition) is 1. The number of nitro benzene ring substituents is 1. The van der Waals surface area contributed by atoms with Crippen LogP contribution in [0.3, 0.4) is 0 Å². The third-order valence-corrected chi connectivity index (χ3v) is 3.79. The smallest absolute Gasteiger partial charge is 0.327 e. The fourth-order valence-corrected chi connectivity index (χ4v) is 2.77. The average Bonchev–Trinajstić information content (AvgIpc) is 2.83. The van der Waals surface area contributed by atoms with Crippen molar-refractivity contribution in [3.63, 3.8) is 0 Å². The lowest BCUT2D eigenvalue weighted by Crippen LogP contribution is -2.04. The molecule has 2 aromatic rings. The minimum atomic E-state index is -0.822. The van der Waals surface area contributed by atoms with Crippen molar-refractivity contribution in [2.45, 2.75) is 19.9 Å². The van der Waals surface area contributed by atoms with Crippen LogP contribution in [-0.4, -0.2) is 4.92 Å². The monoisotopic (exact) mass is 280 g/mol. The predicted molar refractivity (Wildman–Crippen MR) is 74.1 cm³/mol. The van der Waals surface area contributed by atoms with Crippen molar-refractivity contribution >= 4 is 22.7 Å². The van der Waals surface area contributed by atoms with E-state index in [0.717, 1.165) is 17.4 Å². The first-order valence-corrected chi connectivity index (χ1v) is 6.73. The predicted octanol–water partition coefficient (Wildman–Crippen LogP) is 3.97. The van der Waals surface area contributed by atoms with Gasteiger partial charge in [-0.1, -0.05) is 13.0 Å². The van der Waals surface area contributed by atoms with E-state index in [9.17, 15) is 14.5 Å². The Labute approximate surface area is 114 Å². The quantitative estimate of drug-likeness (QED) is 0.666. The van der Waals surface area contributed by atoms with E-state index < -0.39 is 16.4 Å². The Hall–Kier alpha value is -1.95. The van der Waals surface area contributed by atoms with Crippen LogP contribution in [0, 0.1) is 15.9 Å². The van der Waals surface area contributed by atoms with Crippen LogP contribution in [0.5, 0.6) is 0 Å². The van der Waals surface area contributed by atoms with Crippen LogP contribution in [0.4, 0.5) is 15.8 Å². The minimum Gasteiger partial charge on any atom is -0.374 e. The zero-order chi connectivity index (χ0) is 13.8. The summed E-state index contributed by atoms with van der Waals surface area (Å²) in [5, 5.41) is 15.8. The van der Waals surface area contributed by atoms with Crippen molar-refractivity contribution < 1.29 is 9.31 Å². The molecule has 0 saturated carbocycles. The van der Waals surface area contributed by atoms with E-state index in [1.54, 1.807) is 11.3 Å². The van der Waals surface area contributed by atoms with E-state index >= 15 is 0 Å². The summed E-state index contributed by atoms with van der Waals surface area (Å²) in [6.07, 6.45) is 0.908. The largest absolute Gasteiger partial charge is 0.374 e. The maximum absolute atomic E-state index is 13.4. The maximum atomic E-state index is 13.4. The van der Waals surface area contributed by atoms with Crippen LogP contribution in [-0.2, 0) is 13.0 Å². The van der Waals surface area contributed by atoms with E-state index in [4.69, 9.17) is 0 Å². The highest BCUT2D eigenvalue weighted by molar-refractivity contribution is 7.10. The number of benzene rings is 1.